The van der Waals surface area contributed by atoms with Gasteiger partial charge in [0.2, 0.25) is 10.0 Å². The van der Waals surface area contributed by atoms with Crippen LogP contribution in [-0.4, -0.2) is 59.1 Å². The summed E-state index contributed by atoms with van der Waals surface area (Å²) in [7, 11) is 0.0569. The summed E-state index contributed by atoms with van der Waals surface area (Å²) in [5.41, 5.74) is 1.00. The minimum Gasteiger partial charge on any atom is -0.385 e. The van der Waals surface area contributed by atoms with Gasteiger partial charge >= 0.3 is 0 Å². The molecule has 26 heavy (non-hydrogen) atoms. The van der Waals surface area contributed by atoms with Gasteiger partial charge in [-0.05, 0) is 37.0 Å². The molecule has 1 saturated heterocycles. The summed E-state index contributed by atoms with van der Waals surface area (Å²) in [4.78, 5) is 4.52. The van der Waals surface area contributed by atoms with Crippen LogP contribution in [0, 0.1) is 0 Å². The zero-order chi connectivity index (χ0) is 18.1. The van der Waals surface area contributed by atoms with Crippen molar-refractivity contribution in [1.82, 2.24) is 14.9 Å². The molecule has 1 heterocycles. The Bertz CT molecular complexity index is 659. The summed E-state index contributed by atoms with van der Waals surface area (Å²) in [5.74, 6) is 0.713. The van der Waals surface area contributed by atoms with Crippen molar-refractivity contribution in [2.45, 2.75) is 30.7 Å². The number of halogens is 1. The first-order valence-electron chi connectivity index (χ1n) is 8.60. The van der Waals surface area contributed by atoms with E-state index in [1.54, 1.807) is 30.6 Å². The number of guanidine groups is 1. The van der Waals surface area contributed by atoms with Crippen molar-refractivity contribution in [3.63, 3.8) is 0 Å². The lowest BCUT2D eigenvalue weighted by molar-refractivity contribution is 0.195. The SMILES string of the molecule is CN=C(NCCCOC)NCc1ccc(S(=O)(=O)N2CCCC2)cc1.I. The van der Waals surface area contributed by atoms with Crippen LogP contribution < -0.4 is 10.6 Å². The van der Waals surface area contributed by atoms with Gasteiger partial charge in [0.1, 0.15) is 0 Å². The van der Waals surface area contributed by atoms with Gasteiger partial charge in [-0.15, -0.1) is 24.0 Å². The minimum atomic E-state index is -3.34. The standard InChI is InChI=1S/C17H28N4O3S.HI/c1-18-17(19-10-5-13-24-2)20-14-15-6-8-16(9-7-15)25(22,23)21-11-3-4-12-21;/h6-9H,3-5,10-14H2,1-2H3,(H2,18,19,20);1H. The van der Waals surface area contributed by atoms with E-state index < -0.39 is 10.0 Å². The van der Waals surface area contributed by atoms with E-state index in [9.17, 15) is 8.42 Å². The zero-order valence-electron chi connectivity index (χ0n) is 15.4. The second-order valence-electron chi connectivity index (χ2n) is 5.95. The van der Waals surface area contributed by atoms with E-state index in [1.165, 1.54) is 0 Å². The van der Waals surface area contributed by atoms with E-state index in [0.717, 1.165) is 31.4 Å². The number of nitrogens with one attached hydrogen (secondary N) is 2. The number of hydrogen-bond acceptors (Lipinski definition) is 4. The molecule has 0 bridgehead atoms. The van der Waals surface area contributed by atoms with Crippen LogP contribution in [0.25, 0.3) is 0 Å². The van der Waals surface area contributed by atoms with Crippen LogP contribution in [0.1, 0.15) is 24.8 Å². The van der Waals surface area contributed by atoms with Gasteiger partial charge < -0.3 is 15.4 Å². The van der Waals surface area contributed by atoms with Crippen molar-refractivity contribution in [3.05, 3.63) is 29.8 Å². The van der Waals surface area contributed by atoms with Crippen LogP contribution in [0.15, 0.2) is 34.2 Å². The topological polar surface area (TPSA) is 83.0 Å². The van der Waals surface area contributed by atoms with Crippen molar-refractivity contribution >= 4 is 40.0 Å². The molecule has 1 aliphatic rings. The monoisotopic (exact) mass is 496 g/mol. The van der Waals surface area contributed by atoms with E-state index in [2.05, 4.69) is 15.6 Å². The van der Waals surface area contributed by atoms with E-state index in [-0.39, 0.29) is 24.0 Å². The molecule has 0 spiro atoms. The van der Waals surface area contributed by atoms with Crippen LogP contribution >= 0.6 is 24.0 Å². The molecule has 0 radical (unpaired) electrons. The minimum absolute atomic E-state index is 0. The molecule has 9 heteroatoms. The maximum Gasteiger partial charge on any atom is 0.243 e. The van der Waals surface area contributed by atoms with Gasteiger partial charge in [0.15, 0.2) is 5.96 Å². The number of sulfonamides is 1. The Kier molecular flexibility index (Phi) is 10.4. The maximum atomic E-state index is 12.5. The smallest absolute Gasteiger partial charge is 0.243 e. The molecule has 0 unspecified atom stereocenters. The molecular weight excluding hydrogens is 467 g/mol. The van der Waals surface area contributed by atoms with Gasteiger partial charge in [0.05, 0.1) is 4.90 Å². The largest absolute Gasteiger partial charge is 0.385 e. The lowest BCUT2D eigenvalue weighted by Gasteiger charge is -2.16. The van der Waals surface area contributed by atoms with Crippen LogP contribution in [0.3, 0.4) is 0 Å². The Balaban J connectivity index is 0.00000338. The normalized spacial score (nSPS) is 15.5. The van der Waals surface area contributed by atoms with Crippen LogP contribution in [-0.2, 0) is 21.3 Å². The highest BCUT2D eigenvalue weighted by Crippen LogP contribution is 2.20. The van der Waals surface area contributed by atoms with Crippen LogP contribution in [0.5, 0.6) is 0 Å². The summed E-state index contributed by atoms with van der Waals surface area (Å²) in [6, 6.07) is 7.04. The molecular formula is C17H29IN4O3S. The molecule has 148 valence electrons. The molecule has 2 N–H and O–H groups in total. The predicted octanol–water partition coefficient (Wildman–Crippen LogP) is 1.79. The van der Waals surface area contributed by atoms with E-state index in [4.69, 9.17) is 4.74 Å². The van der Waals surface area contributed by atoms with Gasteiger partial charge in [0.25, 0.3) is 0 Å². The van der Waals surface area contributed by atoms with Crippen LogP contribution in [0.4, 0.5) is 0 Å². The molecule has 0 aliphatic carbocycles. The zero-order valence-corrected chi connectivity index (χ0v) is 18.5. The summed E-state index contributed by atoms with van der Waals surface area (Å²) >= 11 is 0. The number of rotatable bonds is 8. The molecule has 2 rings (SSSR count). The molecule has 0 atom stereocenters. The molecule has 0 saturated carbocycles. The molecule has 1 aromatic carbocycles. The van der Waals surface area contributed by atoms with Gasteiger partial charge in [0, 0.05) is 46.9 Å². The molecule has 7 nitrogen and oxygen atoms in total. The summed E-state index contributed by atoms with van der Waals surface area (Å²) in [6.07, 6.45) is 2.79. The summed E-state index contributed by atoms with van der Waals surface area (Å²) in [6.45, 7) is 3.30. The molecule has 0 aromatic heterocycles. The molecule has 1 aliphatic heterocycles. The van der Waals surface area contributed by atoms with Gasteiger partial charge in [-0.3, -0.25) is 4.99 Å². The Morgan fingerprint density at radius 1 is 1.19 bits per heavy atom. The van der Waals surface area contributed by atoms with Crippen molar-refractivity contribution < 1.29 is 13.2 Å². The summed E-state index contributed by atoms with van der Waals surface area (Å²) < 4.78 is 31.6. The second-order valence-corrected chi connectivity index (χ2v) is 7.89. The number of methoxy groups -OCH3 is 1. The maximum absolute atomic E-state index is 12.5. The number of nitrogens with zero attached hydrogens (tertiary/aromatic N) is 2. The Hall–Kier alpha value is -0.910. The first kappa shape index (κ1) is 23.1. The number of ether oxygens (including phenoxy) is 1. The Morgan fingerprint density at radius 3 is 2.42 bits per heavy atom. The fraction of sp³-hybridized carbons (Fsp3) is 0.588. The highest BCUT2D eigenvalue weighted by atomic mass is 127. The summed E-state index contributed by atoms with van der Waals surface area (Å²) in [5, 5.41) is 6.42. The van der Waals surface area contributed by atoms with Gasteiger partial charge in [-0.1, -0.05) is 12.1 Å². The highest BCUT2D eigenvalue weighted by Gasteiger charge is 2.26. The van der Waals surface area contributed by atoms with Gasteiger partial charge in [-0.25, -0.2) is 8.42 Å². The second kappa shape index (κ2) is 11.7. The number of aliphatic imine (C=N–C) groups is 1. The fourth-order valence-corrected chi connectivity index (χ4v) is 4.20. The van der Waals surface area contributed by atoms with Crippen molar-refractivity contribution in [2.75, 3.05) is 40.4 Å². The average molecular weight is 496 g/mol. The predicted molar refractivity (Wildman–Crippen MR) is 115 cm³/mol. The van der Waals surface area contributed by atoms with Crippen molar-refractivity contribution in [3.8, 4) is 0 Å². The van der Waals surface area contributed by atoms with Crippen molar-refractivity contribution in [2.24, 2.45) is 4.99 Å². The first-order valence-corrected chi connectivity index (χ1v) is 10.0. The Labute approximate surface area is 173 Å². The molecule has 1 aromatic rings. The average Bonchev–Trinajstić information content (AvgIpc) is 3.17. The Morgan fingerprint density at radius 2 is 1.85 bits per heavy atom. The lowest BCUT2D eigenvalue weighted by atomic mass is 10.2. The highest BCUT2D eigenvalue weighted by molar-refractivity contribution is 14.0. The fourth-order valence-electron chi connectivity index (χ4n) is 2.69. The van der Waals surface area contributed by atoms with E-state index in [0.29, 0.717) is 37.1 Å². The quantitative estimate of drug-likeness (QED) is 0.248. The number of hydrogen-bond donors (Lipinski definition) is 2. The van der Waals surface area contributed by atoms with E-state index in [1.807, 2.05) is 12.1 Å². The van der Waals surface area contributed by atoms with E-state index >= 15 is 0 Å². The van der Waals surface area contributed by atoms with Crippen LogP contribution in [0.2, 0.25) is 0 Å². The number of benzene rings is 1. The molecule has 1 fully saturated rings. The van der Waals surface area contributed by atoms with Gasteiger partial charge in [-0.2, -0.15) is 4.31 Å². The third kappa shape index (κ3) is 6.67. The first-order chi connectivity index (χ1) is 12.1. The molecule has 0 amide bonds. The van der Waals surface area contributed by atoms with Crippen molar-refractivity contribution in [1.29, 1.82) is 0 Å². The lowest BCUT2D eigenvalue weighted by Crippen LogP contribution is -2.37. The third-order valence-electron chi connectivity index (χ3n) is 4.13. The third-order valence-corrected chi connectivity index (χ3v) is 6.04.